The Labute approximate surface area is 136 Å². The summed E-state index contributed by atoms with van der Waals surface area (Å²) in [6, 6.07) is 8.88. The molecule has 2 aromatic rings. The molecule has 1 aromatic heterocycles. The van der Waals surface area contributed by atoms with Gasteiger partial charge in [0.1, 0.15) is 0 Å². The van der Waals surface area contributed by atoms with Gasteiger partial charge in [0, 0.05) is 24.2 Å². The molecule has 1 heterocycles. The lowest BCUT2D eigenvalue weighted by Crippen LogP contribution is -2.33. The summed E-state index contributed by atoms with van der Waals surface area (Å²) >= 11 is 6.13. The molecular weight excluding hydrogens is 296 g/mol. The van der Waals surface area contributed by atoms with Crippen molar-refractivity contribution in [1.29, 1.82) is 0 Å². The highest BCUT2D eigenvalue weighted by molar-refractivity contribution is 6.30. The van der Waals surface area contributed by atoms with Gasteiger partial charge in [0.15, 0.2) is 0 Å². The fourth-order valence-electron chi connectivity index (χ4n) is 3.37. The van der Waals surface area contributed by atoms with E-state index >= 15 is 0 Å². The Balaban J connectivity index is 1.59. The third-order valence-electron chi connectivity index (χ3n) is 4.56. The SMILES string of the molecule is CCn1nncc1CNC1CCCC(c2cccc(Cl)c2)C1. The van der Waals surface area contributed by atoms with Gasteiger partial charge in [0.2, 0.25) is 0 Å². The number of aryl methyl sites for hydroxylation is 1. The van der Waals surface area contributed by atoms with Gasteiger partial charge < -0.3 is 5.32 Å². The Kier molecular flexibility index (Phi) is 5.11. The van der Waals surface area contributed by atoms with Gasteiger partial charge in [0.25, 0.3) is 0 Å². The molecule has 0 amide bonds. The van der Waals surface area contributed by atoms with Crippen LogP contribution in [-0.2, 0) is 13.1 Å². The Bertz CT molecular complexity index is 610. The van der Waals surface area contributed by atoms with E-state index in [9.17, 15) is 0 Å². The topological polar surface area (TPSA) is 42.7 Å². The van der Waals surface area contributed by atoms with Crippen LogP contribution >= 0.6 is 11.6 Å². The van der Waals surface area contributed by atoms with Gasteiger partial charge in [-0.3, -0.25) is 0 Å². The molecule has 1 aromatic carbocycles. The minimum Gasteiger partial charge on any atom is -0.308 e. The number of hydrogen-bond acceptors (Lipinski definition) is 3. The molecule has 1 fully saturated rings. The molecule has 118 valence electrons. The lowest BCUT2D eigenvalue weighted by molar-refractivity contribution is 0.335. The summed E-state index contributed by atoms with van der Waals surface area (Å²) in [5.74, 6) is 0.610. The van der Waals surface area contributed by atoms with E-state index in [1.165, 1.54) is 31.2 Å². The van der Waals surface area contributed by atoms with Crippen LogP contribution in [0.3, 0.4) is 0 Å². The van der Waals surface area contributed by atoms with Crippen LogP contribution in [0.15, 0.2) is 30.5 Å². The first-order chi connectivity index (χ1) is 10.8. The molecule has 1 N–H and O–H groups in total. The van der Waals surface area contributed by atoms with Gasteiger partial charge in [-0.05, 0) is 49.8 Å². The van der Waals surface area contributed by atoms with Crippen molar-refractivity contribution in [3.63, 3.8) is 0 Å². The van der Waals surface area contributed by atoms with E-state index in [4.69, 9.17) is 11.6 Å². The number of hydrogen-bond donors (Lipinski definition) is 1. The van der Waals surface area contributed by atoms with E-state index in [0.717, 1.165) is 23.8 Å². The van der Waals surface area contributed by atoms with E-state index in [2.05, 4.69) is 40.8 Å². The van der Waals surface area contributed by atoms with Crippen molar-refractivity contribution in [2.75, 3.05) is 0 Å². The van der Waals surface area contributed by atoms with Crippen molar-refractivity contribution in [3.8, 4) is 0 Å². The highest BCUT2D eigenvalue weighted by atomic mass is 35.5. The maximum atomic E-state index is 6.13. The number of benzene rings is 1. The van der Waals surface area contributed by atoms with Gasteiger partial charge in [0.05, 0.1) is 11.9 Å². The molecule has 2 unspecified atom stereocenters. The van der Waals surface area contributed by atoms with Gasteiger partial charge >= 0.3 is 0 Å². The van der Waals surface area contributed by atoms with Crippen molar-refractivity contribution < 1.29 is 0 Å². The van der Waals surface area contributed by atoms with Crippen LogP contribution in [0.25, 0.3) is 0 Å². The van der Waals surface area contributed by atoms with Crippen LogP contribution in [0.1, 0.15) is 49.8 Å². The summed E-state index contributed by atoms with van der Waals surface area (Å²) in [6.45, 7) is 3.80. The van der Waals surface area contributed by atoms with E-state index < -0.39 is 0 Å². The zero-order chi connectivity index (χ0) is 15.4. The molecule has 2 atom stereocenters. The molecule has 4 nitrogen and oxygen atoms in total. The second-order valence-corrected chi connectivity index (χ2v) is 6.47. The molecule has 1 aliphatic rings. The van der Waals surface area contributed by atoms with Crippen molar-refractivity contribution >= 4 is 11.6 Å². The van der Waals surface area contributed by atoms with E-state index in [1.807, 2.05) is 16.9 Å². The van der Waals surface area contributed by atoms with Crippen molar-refractivity contribution in [1.82, 2.24) is 20.3 Å². The predicted octanol–water partition coefficient (Wildman–Crippen LogP) is 3.77. The molecule has 0 aliphatic heterocycles. The Morgan fingerprint density at radius 2 is 2.27 bits per heavy atom. The first-order valence-corrected chi connectivity index (χ1v) is 8.50. The van der Waals surface area contributed by atoms with Crippen LogP contribution in [0, 0.1) is 0 Å². The molecule has 0 radical (unpaired) electrons. The molecule has 1 aliphatic carbocycles. The summed E-state index contributed by atoms with van der Waals surface area (Å²) in [5.41, 5.74) is 2.53. The Morgan fingerprint density at radius 1 is 1.36 bits per heavy atom. The van der Waals surface area contributed by atoms with Gasteiger partial charge in [-0.25, -0.2) is 4.68 Å². The molecule has 5 heteroatoms. The summed E-state index contributed by atoms with van der Waals surface area (Å²) in [5, 5.41) is 12.6. The average Bonchev–Trinajstić information content (AvgIpc) is 3.01. The first-order valence-electron chi connectivity index (χ1n) is 8.12. The average molecular weight is 319 g/mol. The zero-order valence-electron chi connectivity index (χ0n) is 13.0. The molecular formula is C17H23ClN4. The second-order valence-electron chi connectivity index (χ2n) is 6.04. The molecule has 1 saturated carbocycles. The van der Waals surface area contributed by atoms with Crippen LogP contribution in [0.2, 0.25) is 5.02 Å². The van der Waals surface area contributed by atoms with Gasteiger partial charge in [-0.2, -0.15) is 0 Å². The highest BCUT2D eigenvalue weighted by Gasteiger charge is 2.23. The lowest BCUT2D eigenvalue weighted by atomic mass is 9.81. The van der Waals surface area contributed by atoms with Gasteiger partial charge in [-0.15, -0.1) is 5.10 Å². The summed E-state index contributed by atoms with van der Waals surface area (Å²) in [4.78, 5) is 0. The number of nitrogens with one attached hydrogen (secondary N) is 1. The van der Waals surface area contributed by atoms with E-state index in [-0.39, 0.29) is 0 Å². The minimum absolute atomic E-state index is 0.554. The van der Waals surface area contributed by atoms with Crippen LogP contribution in [0.4, 0.5) is 0 Å². The van der Waals surface area contributed by atoms with E-state index in [1.54, 1.807) is 0 Å². The predicted molar refractivity (Wildman–Crippen MR) is 89.0 cm³/mol. The van der Waals surface area contributed by atoms with Crippen molar-refractivity contribution in [2.45, 2.75) is 57.7 Å². The largest absolute Gasteiger partial charge is 0.308 e. The smallest absolute Gasteiger partial charge is 0.0738 e. The zero-order valence-corrected chi connectivity index (χ0v) is 13.8. The highest BCUT2D eigenvalue weighted by Crippen LogP contribution is 2.33. The standard InChI is InChI=1S/C17H23ClN4/c1-2-22-17(12-20-21-22)11-19-16-8-4-6-14(10-16)13-5-3-7-15(18)9-13/h3,5,7,9,12,14,16,19H,2,4,6,8,10-11H2,1H3. The Morgan fingerprint density at radius 3 is 3.09 bits per heavy atom. The maximum absolute atomic E-state index is 6.13. The molecule has 0 spiro atoms. The van der Waals surface area contributed by atoms with Crippen LogP contribution in [-0.4, -0.2) is 21.0 Å². The third kappa shape index (κ3) is 3.68. The fourth-order valence-corrected chi connectivity index (χ4v) is 3.57. The third-order valence-corrected chi connectivity index (χ3v) is 4.80. The van der Waals surface area contributed by atoms with Crippen LogP contribution < -0.4 is 5.32 Å². The summed E-state index contributed by atoms with van der Waals surface area (Å²) in [7, 11) is 0. The fraction of sp³-hybridized carbons (Fsp3) is 0.529. The van der Waals surface area contributed by atoms with E-state index in [0.29, 0.717) is 12.0 Å². The lowest BCUT2D eigenvalue weighted by Gasteiger charge is -2.30. The molecule has 22 heavy (non-hydrogen) atoms. The van der Waals surface area contributed by atoms with Crippen molar-refractivity contribution in [3.05, 3.63) is 46.7 Å². The monoisotopic (exact) mass is 318 g/mol. The quantitative estimate of drug-likeness (QED) is 0.912. The molecule has 0 bridgehead atoms. The van der Waals surface area contributed by atoms with Crippen molar-refractivity contribution in [2.24, 2.45) is 0 Å². The Hall–Kier alpha value is -1.39. The number of halogens is 1. The first kappa shape index (κ1) is 15.5. The minimum atomic E-state index is 0.554. The van der Waals surface area contributed by atoms with Gasteiger partial charge in [-0.1, -0.05) is 35.4 Å². The summed E-state index contributed by atoms with van der Waals surface area (Å²) < 4.78 is 1.95. The summed E-state index contributed by atoms with van der Waals surface area (Å²) in [6.07, 6.45) is 6.79. The molecule has 0 saturated heterocycles. The maximum Gasteiger partial charge on any atom is 0.0738 e. The second kappa shape index (κ2) is 7.25. The van der Waals surface area contributed by atoms with Crippen LogP contribution in [0.5, 0.6) is 0 Å². The molecule has 3 rings (SSSR count). The normalized spacial score (nSPS) is 21.9. The number of nitrogens with zero attached hydrogens (tertiary/aromatic N) is 3. The number of aromatic nitrogens is 3. The number of rotatable bonds is 5.